The largest absolute Gasteiger partial charge is 0.138 e. The second kappa shape index (κ2) is 4.36. The van der Waals surface area contributed by atoms with Gasteiger partial charge in [-0.3, -0.25) is 0 Å². The van der Waals surface area contributed by atoms with E-state index in [2.05, 4.69) is 12.6 Å². The van der Waals surface area contributed by atoms with E-state index in [9.17, 15) is 0 Å². The van der Waals surface area contributed by atoms with Gasteiger partial charge in [-0.1, -0.05) is 30.3 Å². The van der Waals surface area contributed by atoms with Crippen molar-refractivity contribution < 1.29 is 0 Å². The van der Waals surface area contributed by atoms with Gasteiger partial charge in [-0.05, 0) is 11.4 Å². The van der Waals surface area contributed by atoms with E-state index in [1.165, 1.54) is 0 Å². The van der Waals surface area contributed by atoms with Gasteiger partial charge in [-0.25, -0.2) is 0 Å². The second-order valence-corrected chi connectivity index (χ2v) is 3.45. The summed E-state index contributed by atoms with van der Waals surface area (Å²) in [5, 5.41) is 2.00. The van der Waals surface area contributed by atoms with Gasteiger partial charge in [0.25, 0.3) is 0 Å². The molecular weight excluding hydrogens is 160 g/mol. The molecule has 0 bridgehead atoms. The van der Waals surface area contributed by atoms with Gasteiger partial charge in [-0.2, -0.15) is 0 Å². The van der Waals surface area contributed by atoms with E-state index in [-0.39, 0.29) is 0 Å². The highest BCUT2D eigenvalue weighted by molar-refractivity contribution is 7.82. The number of hydrogen-bond acceptors (Lipinski definition) is 2. The lowest BCUT2D eigenvalue weighted by molar-refractivity contribution is 1.70. The van der Waals surface area contributed by atoms with Crippen LogP contribution in [-0.4, -0.2) is 0 Å². The lowest BCUT2D eigenvalue weighted by Gasteiger charge is -1.75. The molecule has 1 rings (SSSR count). The fourth-order valence-corrected chi connectivity index (χ4v) is 1.26. The number of rotatable bonds is 0. The molecule has 52 valence electrons. The molecule has 0 N–H and O–H groups in total. The minimum Gasteiger partial charge on any atom is -0.138 e. The molecule has 0 fully saturated rings. The van der Waals surface area contributed by atoms with Crippen molar-refractivity contribution in [3.63, 3.8) is 0 Å². The van der Waals surface area contributed by atoms with E-state index >= 15 is 0 Å². The molecule has 1 aromatic rings. The van der Waals surface area contributed by atoms with Crippen LogP contribution in [0.4, 0.5) is 0 Å². The van der Waals surface area contributed by atoms with Crippen LogP contribution in [0.1, 0.15) is 0 Å². The average molecular weight is 168 g/mol. The lowest BCUT2D eigenvalue weighted by Crippen LogP contribution is -1.44. The van der Waals surface area contributed by atoms with Crippen molar-refractivity contribution >= 4 is 24.0 Å². The molecule has 0 nitrogen and oxygen atoms in total. The van der Waals surface area contributed by atoms with Crippen LogP contribution >= 0.6 is 24.0 Å². The summed E-state index contributed by atoms with van der Waals surface area (Å²) >= 11 is 5.83. The van der Waals surface area contributed by atoms with E-state index in [4.69, 9.17) is 0 Å². The van der Waals surface area contributed by atoms with E-state index in [0.717, 1.165) is 4.21 Å². The van der Waals surface area contributed by atoms with E-state index in [0.29, 0.717) is 0 Å². The summed E-state index contributed by atoms with van der Waals surface area (Å²) in [6.45, 7) is 0. The molecule has 0 aromatic carbocycles. The van der Waals surface area contributed by atoms with Crippen LogP contribution in [0.15, 0.2) is 46.0 Å². The van der Waals surface area contributed by atoms with Crippen molar-refractivity contribution in [3.8, 4) is 0 Å². The zero-order valence-corrected chi connectivity index (χ0v) is 7.11. The monoisotopic (exact) mass is 168 g/mol. The third-order valence-electron chi connectivity index (χ3n) is 0.951. The Labute approximate surface area is 70.3 Å². The first kappa shape index (κ1) is 7.63. The highest BCUT2D eigenvalue weighted by Crippen LogP contribution is 2.07. The zero-order valence-electron chi connectivity index (χ0n) is 5.40. The van der Waals surface area contributed by atoms with Gasteiger partial charge < -0.3 is 0 Å². The van der Waals surface area contributed by atoms with Crippen LogP contribution in [0.5, 0.6) is 0 Å². The maximum atomic E-state index is 4.22. The maximum absolute atomic E-state index is 4.22. The molecule has 1 aromatic heterocycles. The van der Waals surface area contributed by atoms with E-state index in [1.807, 2.05) is 41.8 Å². The molecule has 0 atom stereocenters. The Bertz CT molecular complexity index is 215. The fraction of sp³-hybridized carbons (Fsp3) is 0. The molecule has 0 radical (unpaired) electrons. The second-order valence-electron chi connectivity index (χ2n) is 1.72. The van der Waals surface area contributed by atoms with Crippen molar-refractivity contribution in [2.24, 2.45) is 0 Å². The summed E-state index contributed by atoms with van der Waals surface area (Å²) in [7, 11) is 0. The molecule has 0 amide bonds. The van der Waals surface area contributed by atoms with Gasteiger partial charge in [0.15, 0.2) is 0 Å². The van der Waals surface area contributed by atoms with Crippen molar-refractivity contribution in [2.45, 2.75) is 4.21 Å². The van der Waals surface area contributed by atoms with Gasteiger partial charge in [0.05, 0.1) is 4.21 Å². The topological polar surface area (TPSA) is 0 Å². The molecule has 0 spiro atoms. The Morgan fingerprint density at radius 1 is 1.00 bits per heavy atom. The molecule has 0 unspecified atom stereocenters. The summed E-state index contributed by atoms with van der Waals surface area (Å²) < 4.78 is 1.01. The first-order valence-corrected chi connectivity index (χ1v) is 4.28. The first-order valence-electron chi connectivity index (χ1n) is 2.95. The third kappa shape index (κ3) is 2.90. The summed E-state index contributed by atoms with van der Waals surface area (Å²) in [4.78, 5) is 0. The quantitative estimate of drug-likeness (QED) is 0.565. The van der Waals surface area contributed by atoms with Crippen LogP contribution in [0.2, 0.25) is 0 Å². The number of hydrogen-bond donors (Lipinski definition) is 1. The van der Waals surface area contributed by atoms with Crippen LogP contribution < -0.4 is 0 Å². The molecule has 0 saturated heterocycles. The van der Waals surface area contributed by atoms with Gasteiger partial charge in [-0.15, -0.1) is 24.0 Å². The Morgan fingerprint density at radius 2 is 1.70 bits per heavy atom. The molecule has 1 heterocycles. The molecule has 0 aliphatic heterocycles. The van der Waals surface area contributed by atoms with Gasteiger partial charge in [0, 0.05) is 0 Å². The summed E-state index contributed by atoms with van der Waals surface area (Å²) in [6.07, 6.45) is 0. The zero-order chi connectivity index (χ0) is 7.23. The Morgan fingerprint density at radius 3 is 2.60 bits per heavy atom. The molecular formula is C8H8S2. The molecule has 0 aliphatic rings. The Hall–Kier alpha value is -0.470. The predicted molar refractivity (Wildman–Crippen MR) is 49.2 cm³/mol. The first-order chi connectivity index (χ1) is 4.89. The molecule has 0 aliphatic carbocycles. The molecule has 0 saturated carbocycles. The third-order valence-corrected chi connectivity index (χ3v) is 2.09. The van der Waals surface area contributed by atoms with Crippen LogP contribution in [0.25, 0.3) is 0 Å². The van der Waals surface area contributed by atoms with Crippen LogP contribution in [-0.2, 0) is 0 Å². The highest BCUT2D eigenvalue weighted by atomic mass is 32.2. The minimum absolute atomic E-state index is 1.01. The van der Waals surface area contributed by atoms with Crippen molar-refractivity contribution in [2.75, 3.05) is 0 Å². The fourth-order valence-electron chi connectivity index (χ4n) is 0.524. The highest BCUT2D eigenvalue weighted by Gasteiger charge is 1.72. The standard InChI is InChI=1S/C8H8S2/c9-8-6-4-2-1-3-5-7-10-8/h1-7,9H. The Balaban J connectivity index is 3.13. The lowest BCUT2D eigenvalue weighted by atomic mass is 10.5. The summed E-state index contributed by atoms with van der Waals surface area (Å²) in [5.74, 6) is 0. The number of thiol groups is 1. The maximum Gasteiger partial charge on any atom is 0.0567 e. The van der Waals surface area contributed by atoms with Crippen LogP contribution in [0.3, 0.4) is 0 Å². The normalized spacial score (nSPS) is 8.50. The Kier molecular flexibility index (Phi) is 3.33. The molecule has 2 heteroatoms. The van der Waals surface area contributed by atoms with Gasteiger partial charge in [0.1, 0.15) is 0 Å². The van der Waals surface area contributed by atoms with Crippen LogP contribution in [0, 0.1) is 0 Å². The smallest absolute Gasteiger partial charge is 0.0567 e. The van der Waals surface area contributed by atoms with Crippen molar-refractivity contribution in [1.29, 1.82) is 0 Å². The predicted octanol–water partition coefficient (Wildman–Crippen LogP) is 3.16. The van der Waals surface area contributed by atoms with Crippen molar-refractivity contribution in [3.05, 3.63) is 41.8 Å². The SMILES string of the molecule is Sc1cccccccs1. The average Bonchev–Trinajstić information content (AvgIpc) is 2.02. The molecule has 10 heavy (non-hydrogen) atoms. The van der Waals surface area contributed by atoms with Gasteiger partial charge in [0.2, 0.25) is 0 Å². The minimum atomic E-state index is 1.01. The summed E-state index contributed by atoms with van der Waals surface area (Å²) in [5.41, 5.74) is 0. The van der Waals surface area contributed by atoms with E-state index < -0.39 is 0 Å². The van der Waals surface area contributed by atoms with E-state index in [1.54, 1.807) is 11.3 Å². The van der Waals surface area contributed by atoms with Gasteiger partial charge >= 0.3 is 0 Å². The summed E-state index contributed by atoms with van der Waals surface area (Å²) in [6, 6.07) is 11.9. The van der Waals surface area contributed by atoms with Crippen molar-refractivity contribution in [1.82, 2.24) is 0 Å².